The molecule has 0 saturated heterocycles. The molecule has 1 amide bonds. The Morgan fingerprint density at radius 2 is 1.14 bits per heavy atom. The lowest BCUT2D eigenvalue weighted by Crippen LogP contribution is -2.45. The highest BCUT2D eigenvalue weighted by molar-refractivity contribution is 5.76. The molecular formula is C33H59NO3. The number of aliphatic hydroxyl groups is 2. The largest absolute Gasteiger partial charge is 0.394 e. The Morgan fingerprint density at radius 1 is 0.649 bits per heavy atom. The molecule has 0 radical (unpaired) electrons. The van der Waals surface area contributed by atoms with Crippen molar-refractivity contribution in [2.45, 2.75) is 148 Å². The van der Waals surface area contributed by atoms with Gasteiger partial charge >= 0.3 is 0 Å². The summed E-state index contributed by atoms with van der Waals surface area (Å²) in [5, 5.41) is 22.4. The highest BCUT2D eigenvalue weighted by Crippen LogP contribution is 2.10. The van der Waals surface area contributed by atoms with Gasteiger partial charge < -0.3 is 15.5 Å². The second-order valence-corrected chi connectivity index (χ2v) is 10.2. The topological polar surface area (TPSA) is 69.6 Å². The molecule has 2 unspecified atom stereocenters. The van der Waals surface area contributed by atoms with Gasteiger partial charge in [-0.2, -0.15) is 0 Å². The van der Waals surface area contributed by atoms with Gasteiger partial charge in [-0.3, -0.25) is 4.79 Å². The minimum Gasteiger partial charge on any atom is -0.394 e. The molecule has 0 saturated carbocycles. The van der Waals surface area contributed by atoms with E-state index in [1.807, 2.05) is 6.08 Å². The predicted octanol–water partition coefficient (Wildman–Crippen LogP) is 8.50. The van der Waals surface area contributed by atoms with Crippen molar-refractivity contribution in [3.63, 3.8) is 0 Å². The van der Waals surface area contributed by atoms with Crippen LogP contribution in [0.2, 0.25) is 0 Å². The van der Waals surface area contributed by atoms with Crippen LogP contribution in [0, 0.1) is 0 Å². The van der Waals surface area contributed by atoms with Crippen LogP contribution in [0.15, 0.2) is 48.6 Å². The molecule has 0 aromatic rings. The van der Waals surface area contributed by atoms with Crippen LogP contribution in [0.3, 0.4) is 0 Å². The summed E-state index contributed by atoms with van der Waals surface area (Å²) >= 11 is 0. The van der Waals surface area contributed by atoms with E-state index in [-0.39, 0.29) is 12.5 Å². The van der Waals surface area contributed by atoms with E-state index < -0.39 is 12.1 Å². The summed E-state index contributed by atoms with van der Waals surface area (Å²) in [7, 11) is 0. The number of nitrogens with one attached hydrogen (secondary N) is 1. The van der Waals surface area contributed by atoms with Crippen molar-refractivity contribution in [1.29, 1.82) is 0 Å². The SMILES string of the molecule is CCCC/C=C/C(O)C(CO)NC(=O)CCCCCCCC/C=C\C/C=C\C/C=C\CCCCCCC. The van der Waals surface area contributed by atoms with Gasteiger partial charge in [0.25, 0.3) is 0 Å². The molecule has 37 heavy (non-hydrogen) atoms. The fraction of sp³-hybridized carbons (Fsp3) is 0.727. The van der Waals surface area contributed by atoms with Crippen LogP contribution < -0.4 is 5.32 Å². The number of carbonyl (C=O) groups excluding carboxylic acids is 1. The highest BCUT2D eigenvalue weighted by atomic mass is 16.3. The zero-order valence-electron chi connectivity index (χ0n) is 24.2. The van der Waals surface area contributed by atoms with Crippen LogP contribution in [0.25, 0.3) is 0 Å². The number of hydrogen-bond acceptors (Lipinski definition) is 3. The lowest BCUT2D eigenvalue weighted by molar-refractivity contribution is -0.123. The van der Waals surface area contributed by atoms with E-state index in [0.717, 1.165) is 57.8 Å². The van der Waals surface area contributed by atoms with Crippen molar-refractivity contribution < 1.29 is 15.0 Å². The summed E-state index contributed by atoms with van der Waals surface area (Å²) in [6.45, 7) is 4.12. The quantitative estimate of drug-likeness (QED) is 0.0795. The van der Waals surface area contributed by atoms with Crippen LogP contribution in [0.4, 0.5) is 0 Å². The maximum Gasteiger partial charge on any atom is 0.220 e. The van der Waals surface area contributed by atoms with E-state index in [1.165, 1.54) is 57.8 Å². The smallest absolute Gasteiger partial charge is 0.220 e. The van der Waals surface area contributed by atoms with Crippen LogP contribution >= 0.6 is 0 Å². The lowest BCUT2D eigenvalue weighted by Gasteiger charge is -2.19. The fourth-order valence-corrected chi connectivity index (χ4v) is 4.11. The van der Waals surface area contributed by atoms with Crippen molar-refractivity contribution >= 4 is 5.91 Å². The summed E-state index contributed by atoms with van der Waals surface area (Å²) in [6, 6.07) is -0.624. The van der Waals surface area contributed by atoms with Crippen molar-refractivity contribution in [1.82, 2.24) is 5.32 Å². The third-order valence-electron chi connectivity index (χ3n) is 6.56. The summed E-state index contributed by atoms with van der Waals surface area (Å²) in [5.74, 6) is -0.0897. The molecule has 0 bridgehead atoms. The molecule has 0 aromatic carbocycles. The first-order chi connectivity index (χ1) is 18.2. The third kappa shape index (κ3) is 25.8. The van der Waals surface area contributed by atoms with E-state index in [4.69, 9.17) is 0 Å². The van der Waals surface area contributed by atoms with E-state index in [0.29, 0.717) is 6.42 Å². The number of aliphatic hydroxyl groups excluding tert-OH is 2. The Labute approximate surface area is 229 Å². The number of hydrogen-bond donors (Lipinski definition) is 3. The van der Waals surface area contributed by atoms with E-state index in [1.54, 1.807) is 6.08 Å². The van der Waals surface area contributed by atoms with Gasteiger partial charge in [-0.15, -0.1) is 0 Å². The molecule has 0 aliphatic rings. The predicted molar refractivity (Wildman–Crippen MR) is 161 cm³/mol. The number of rotatable bonds is 26. The molecule has 2 atom stereocenters. The zero-order chi connectivity index (χ0) is 27.2. The standard InChI is InChI=1S/C33H59NO3/c1-3-5-7-9-10-11-12-13-14-15-16-17-18-19-20-21-22-23-24-25-27-29-33(37)34-31(30-35)32(36)28-26-8-6-4-2/h12-13,15-16,18-19,26,28,31-32,35-36H,3-11,14,17,20-25,27,29-30H2,1-2H3,(H,34,37)/b13-12-,16-15-,19-18-,28-26+. The van der Waals surface area contributed by atoms with Crippen LogP contribution in [-0.2, 0) is 4.79 Å². The van der Waals surface area contributed by atoms with Crippen LogP contribution in [-0.4, -0.2) is 34.9 Å². The molecular weight excluding hydrogens is 458 g/mol. The molecule has 0 rings (SSSR count). The van der Waals surface area contributed by atoms with Gasteiger partial charge in [0.1, 0.15) is 0 Å². The normalized spacial score (nSPS) is 13.9. The van der Waals surface area contributed by atoms with Gasteiger partial charge in [0, 0.05) is 6.42 Å². The summed E-state index contributed by atoms with van der Waals surface area (Å²) in [4.78, 5) is 12.1. The maximum absolute atomic E-state index is 12.1. The third-order valence-corrected chi connectivity index (χ3v) is 6.56. The van der Waals surface area contributed by atoms with Gasteiger partial charge in [-0.05, 0) is 51.4 Å². The Kier molecular flexibility index (Phi) is 27.6. The molecule has 4 heteroatoms. The van der Waals surface area contributed by atoms with Crippen molar-refractivity contribution in [2.75, 3.05) is 6.61 Å². The minimum atomic E-state index is -0.840. The van der Waals surface area contributed by atoms with E-state index in [9.17, 15) is 15.0 Å². The molecule has 0 heterocycles. The van der Waals surface area contributed by atoms with E-state index in [2.05, 4.69) is 55.6 Å². The van der Waals surface area contributed by atoms with Gasteiger partial charge in [-0.1, -0.05) is 127 Å². The van der Waals surface area contributed by atoms with Crippen LogP contribution in [0.1, 0.15) is 136 Å². The Balaban J connectivity index is 3.60. The van der Waals surface area contributed by atoms with Crippen molar-refractivity contribution in [3.8, 4) is 0 Å². The first kappa shape index (κ1) is 35.4. The Hall–Kier alpha value is -1.65. The molecule has 4 nitrogen and oxygen atoms in total. The van der Waals surface area contributed by atoms with Gasteiger partial charge in [-0.25, -0.2) is 0 Å². The second-order valence-electron chi connectivity index (χ2n) is 10.2. The second kappa shape index (κ2) is 28.9. The Bertz CT molecular complexity index is 609. The number of amides is 1. The monoisotopic (exact) mass is 517 g/mol. The number of allylic oxidation sites excluding steroid dienone is 7. The average Bonchev–Trinajstić information content (AvgIpc) is 2.90. The van der Waals surface area contributed by atoms with Crippen molar-refractivity contribution in [3.05, 3.63) is 48.6 Å². The molecule has 0 aliphatic carbocycles. The van der Waals surface area contributed by atoms with Gasteiger partial charge in [0.05, 0.1) is 18.8 Å². The van der Waals surface area contributed by atoms with Gasteiger partial charge in [0.2, 0.25) is 5.91 Å². The summed E-state index contributed by atoms with van der Waals surface area (Å²) in [6.07, 6.45) is 37.9. The minimum absolute atomic E-state index is 0.0897. The summed E-state index contributed by atoms with van der Waals surface area (Å²) in [5.41, 5.74) is 0. The highest BCUT2D eigenvalue weighted by Gasteiger charge is 2.17. The molecule has 214 valence electrons. The van der Waals surface area contributed by atoms with Crippen LogP contribution in [0.5, 0.6) is 0 Å². The zero-order valence-corrected chi connectivity index (χ0v) is 24.2. The number of carbonyl (C=O) groups is 1. The average molecular weight is 518 g/mol. The molecule has 0 aromatic heterocycles. The fourth-order valence-electron chi connectivity index (χ4n) is 4.11. The maximum atomic E-state index is 12.1. The Morgan fingerprint density at radius 3 is 1.70 bits per heavy atom. The van der Waals surface area contributed by atoms with Gasteiger partial charge in [0.15, 0.2) is 0 Å². The molecule has 0 aliphatic heterocycles. The number of unbranched alkanes of at least 4 members (excludes halogenated alkanes) is 13. The first-order valence-corrected chi connectivity index (χ1v) is 15.4. The molecule has 0 fully saturated rings. The van der Waals surface area contributed by atoms with Crippen molar-refractivity contribution in [2.24, 2.45) is 0 Å². The summed E-state index contributed by atoms with van der Waals surface area (Å²) < 4.78 is 0. The molecule has 3 N–H and O–H groups in total. The lowest BCUT2D eigenvalue weighted by atomic mass is 10.1. The van der Waals surface area contributed by atoms with E-state index >= 15 is 0 Å². The molecule has 0 spiro atoms. The first-order valence-electron chi connectivity index (χ1n) is 15.4.